The highest BCUT2D eigenvalue weighted by Crippen LogP contribution is 2.44. The molecule has 0 radical (unpaired) electrons. The first kappa shape index (κ1) is 35.2. The second kappa shape index (κ2) is 14.4. The summed E-state index contributed by atoms with van der Waals surface area (Å²) in [7, 11) is 0. The van der Waals surface area contributed by atoms with Crippen LogP contribution >= 0.6 is 0 Å². The van der Waals surface area contributed by atoms with Gasteiger partial charge in [-0.15, -0.1) is 0 Å². The van der Waals surface area contributed by atoms with Crippen LogP contribution in [0.3, 0.4) is 0 Å². The average molecular weight is 719 g/mol. The number of urea groups is 1. The van der Waals surface area contributed by atoms with Gasteiger partial charge < -0.3 is 35.2 Å². The molecule has 7 rings (SSSR count). The molecule has 0 spiro atoms. The number of hydrogen-bond acceptors (Lipinski definition) is 9. The first-order valence-corrected chi connectivity index (χ1v) is 17.7. The fraction of sp³-hybridized carbons (Fsp3) is 0.333. The highest BCUT2D eigenvalue weighted by atomic mass is 16.6. The first-order chi connectivity index (χ1) is 25.4. The lowest BCUT2D eigenvalue weighted by atomic mass is 9.94. The van der Waals surface area contributed by atoms with E-state index in [1.165, 1.54) is 0 Å². The van der Waals surface area contributed by atoms with Gasteiger partial charge >= 0.3 is 12.1 Å². The molecule has 0 saturated carbocycles. The maximum absolute atomic E-state index is 13.5. The maximum atomic E-state index is 13.5. The highest BCUT2D eigenvalue weighted by molar-refractivity contribution is 5.97. The molecule has 5 heterocycles. The highest BCUT2D eigenvalue weighted by Gasteiger charge is 2.31. The fourth-order valence-corrected chi connectivity index (χ4v) is 6.67. The van der Waals surface area contributed by atoms with Gasteiger partial charge in [-0.2, -0.15) is 0 Å². The van der Waals surface area contributed by atoms with Crippen LogP contribution in [0.4, 0.5) is 38.2 Å². The summed E-state index contributed by atoms with van der Waals surface area (Å²) < 4.78 is 11.5. The zero-order valence-electron chi connectivity index (χ0n) is 30.1. The molecule has 2 fully saturated rings. The maximum Gasteiger partial charge on any atom is 0.408 e. The van der Waals surface area contributed by atoms with E-state index in [9.17, 15) is 19.2 Å². The van der Waals surface area contributed by atoms with Crippen molar-refractivity contribution in [3.05, 3.63) is 84.3 Å². The Bertz CT molecular complexity index is 2080. The molecular formula is C39H42N8O6. The van der Waals surface area contributed by atoms with Crippen LogP contribution in [0.5, 0.6) is 5.75 Å². The summed E-state index contributed by atoms with van der Waals surface area (Å²) in [6.45, 7) is 9.05. The van der Waals surface area contributed by atoms with Crippen molar-refractivity contribution in [3.8, 4) is 16.9 Å². The molecule has 2 saturated heterocycles. The van der Waals surface area contributed by atoms with Gasteiger partial charge in [-0.25, -0.2) is 14.6 Å². The van der Waals surface area contributed by atoms with Crippen LogP contribution in [-0.4, -0.2) is 70.6 Å². The van der Waals surface area contributed by atoms with Crippen molar-refractivity contribution >= 4 is 52.5 Å². The second-order valence-corrected chi connectivity index (χ2v) is 14.3. The van der Waals surface area contributed by atoms with Crippen molar-refractivity contribution < 1.29 is 28.7 Å². The lowest BCUT2D eigenvalue weighted by Crippen LogP contribution is -2.37. The summed E-state index contributed by atoms with van der Waals surface area (Å²) in [4.78, 5) is 64.5. The number of alkyl carbamates (subject to hydrolysis) is 1. The molecule has 3 aliphatic rings. The van der Waals surface area contributed by atoms with E-state index >= 15 is 0 Å². The van der Waals surface area contributed by atoms with Crippen LogP contribution in [0.15, 0.2) is 73.2 Å². The largest absolute Gasteiger partial charge is 0.485 e. The number of anilines is 5. The molecule has 1 atom stereocenters. The van der Waals surface area contributed by atoms with Gasteiger partial charge in [0.15, 0.2) is 0 Å². The van der Waals surface area contributed by atoms with Crippen LogP contribution in [-0.2, 0) is 20.9 Å². The van der Waals surface area contributed by atoms with Gasteiger partial charge in [0.1, 0.15) is 29.8 Å². The SMILES string of the molecule is CC1Oc2cc(N3CCCC3=O)ccc2-c2cnc(Nc3cncc(N4CCN(Cc5cccc(NC(=O)CNC(=O)OC(C)(C)C)c5)C4=O)c3)cc21. The van der Waals surface area contributed by atoms with E-state index < -0.39 is 17.6 Å². The smallest absolute Gasteiger partial charge is 0.408 e. The molecule has 2 aromatic heterocycles. The minimum atomic E-state index is -0.672. The van der Waals surface area contributed by atoms with E-state index in [4.69, 9.17) is 14.5 Å². The predicted octanol–water partition coefficient (Wildman–Crippen LogP) is 6.37. The van der Waals surface area contributed by atoms with Crippen molar-refractivity contribution in [1.29, 1.82) is 0 Å². The molecule has 274 valence electrons. The number of nitrogens with one attached hydrogen (secondary N) is 3. The quantitative estimate of drug-likeness (QED) is 0.179. The number of amides is 5. The minimum absolute atomic E-state index is 0.134. The zero-order chi connectivity index (χ0) is 37.3. The molecule has 0 aliphatic carbocycles. The van der Waals surface area contributed by atoms with Gasteiger partial charge in [0.05, 0.1) is 23.8 Å². The molecule has 14 heteroatoms. The zero-order valence-corrected chi connectivity index (χ0v) is 30.1. The topological polar surface area (TPSA) is 158 Å². The Hall–Kier alpha value is -6.18. The molecule has 3 N–H and O–H groups in total. The second-order valence-electron chi connectivity index (χ2n) is 14.3. The van der Waals surface area contributed by atoms with E-state index in [2.05, 4.69) is 20.9 Å². The molecule has 3 aliphatic heterocycles. The summed E-state index contributed by atoms with van der Waals surface area (Å²) >= 11 is 0. The molecule has 5 amide bonds. The van der Waals surface area contributed by atoms with Crippen LogP contribution in [0.2, 0.25) is 0 Å². The average Bonchev–Trinajstić information content (AvgIpc) is 3.71. The van der Waals surface area contributed by atoms with Gasteiger partial charge in [0.2, 0.25) is 11.8 Å². The molecule has 4 aromatic rings. The lowest BCUT2D eigenvalue weighted by Gasteiger charge is -2.28. The Morgan fingerprint density at radius 3 is 2.57 bits per heavy atom. The van der Waals surface area contributed by atoms with E-state index in [0.717, 1.165) is 46.7 Å². The Kier molecular flexibility index (Phi) is 9.60. The Morgan fingerprint density at radius 1 is 0.925 bits per heavy atom. The molecular weight excluding hydrogens is 676 g/mol. The number of fused-ring (bicyclic) bond motifs is 3. The number of aromatic nitrogens is 2. The monoisotopic (exact) mass is 718 g/mol. The van der Waals surface area contributed by atoms with Crippen LogP contribution < -0.4 is 30.5 Å². The third-order valence-electron chi connectivity index (χ3n) is 9.10. The molecule has 0 bridgehead atoms. The van der Waals surface area contributed by atoms with Crippen molar-refractivity contribution in [2.45, 2.75) is 58.8 Å². The van der Waals surface area contributed by atoms with Crippen LogP contribution in [0.1, 0.15) is 57.8 Å². The number of nitrogens with zero attached hydrogens (tertiary/aromatic N) is 5. The Morgan fingerprint density at radius 2 is 1.77 bits per heavy atom. The summed E-state index contributed by atoms with van der Waals surface area (Å²) in [5, 5.41) is 8.55. The summed E-state index contributed by atoms with van der Waals surface area (Å²) in [5.41, 5.74) is 5.79. The van der Waals surface area contributed by atoms with E-state index in [1.54, 1.807) is 61.2 Å². The van der Waals surface area contributed by atoms with E-state index in [0.29, 0.717) is 48.9 Å². The van der Waals surface area contributed by atoms with Crippen molar-refractivity contribution in [2.24, 2.45) is 0 Å². The first-order valence-electron chi connectivity index (χ1n) is 17.7. The Labute approximate surface area is 307 Å². The summed E-state index contributed by atoms with van der Waals surface area (Å²) in [6.07, 6.45) is 5.70. The normalized spacial score (nSPS) is 16.5. The van der Waals surface area contributed by atoms with Crippen molar-refractivity contribution in [3.63, 3.8) is 0 Å². The molecule has 14 nitrogen and oxygen atoms in total. The molecule has 53 heavy (non-hydrogen) atoms. The third kappa shape index (κ3) is 8.01. The van der Waals surface area contributed by atoms with E-state index in [-0.39, 0.29) is 24.6 Å². The van der Waals surface area contributed by atoms with Gasteiger partial charge in [-0.1, -0.05) is 12.1 Å². The number of hydrogen-bond donors (Lipinski definition) is 3. The summed E-state index contributed by atoms with van der Waals surface area (Å²) in [5.74, 6) is 1.08. The van der Waals surface area contributed by atoms with Crippen molar-refractivity contribution in [2.75, 3.05) is 46.6 Å². The van der Waals surface area contributed by atoms with E-state index in [1.807, 2.05) is 54.4 Å². The number of ether oxygens (including phenoxy) is 2. The number of benzene rings is 2. The number of carbonyl (C=O) groups is 4. The minimum Gasteiger partial charge on any atom is -0.485 e. The molecule has 1 unspecified atom stereocenters. The predicted molar refractivity (Wildman–Crippen MR) is 200 cm³/mol. The fourth-order valence-electron chi connectivity index (χ4n) is 6.67. The number of rotatable bonds is 9. The Balaban J connectivity index is 0.972. The summed E-state index contributed by atoms with van der Waals surface area (Å²) in [6, 6.07) is 16.8. The lowest BCUT2D eigenvalue weighted by molar-refractivity contribution is -0.117. The van der Waals surface area contributed by atoms with Crippen molar-refractivity contribution in [1.82, 2.24) is 20.2 Å². The number of pyridine rings is 2. The standard InChI is InChI=1S/C39H42N8O6/c1-24-31-18-34(41-21-32(31)30-11-10-28(17-33(30)52-24)46-12-6-9-36(46)49)43-27-16-29(20-40-19-27)47-14-13-45(38(47)51)23-25-7-5-8-26(15-25)44-35(48)22-42-37(50)53-39(2,3)4/h5,7-8,10-11,15-21,24H,6,9,12-14,22-23H2,1-4H3,(H,41,43)(H,42,50)(H,44,48). The van der Waals surface area contributed by atoms with Gasteiger partial charge in [0, 0.05) is 72.9 Å². The van der Waals surface area contributed by atoms with Crippen LogP contribution in [0, 0.1) is 0 Å². The van der Waals surface area contributed by atoms with Gasteiger partial charge in [0.25, 0.3) is 0 Å². The third-order valence-corrected chi connectivity index (χ3v) is 9.10. The van der Waals surface area contributed by atoms with Gasteiger partial charge in [-0.3, -0.25) is 19.5 Å². The molecule has 2 aromatic carbocycles. The van der Waals surface area contributed by atoms with Crippen LogP contribution in [0.25, 0.3) is 11.1 Å². The number of carbonyl (C=O) groups excluding carboxylic acids is 4. The van der Waals surface area contributed by atoms with Gasteiger partial charge in [-0.05, 0) is 76.1 Å².